The maximum absolute atomic E-state index is 11.8. The highest BCUT2D eigenvalue weighted by molar-refractivity contribution is 7.80. The molecule has 0 aliphatic heterocycles. The molecule has 1 aromatic heterocycles. The van der Waals surface area contributed by atoms with Gasteiger partial charge in [-0.2, -0.15) is 0 Å². The van der Waals surface area contributed by atoms with E-state index in [0.717, 1.165) is 0 Å². The van der Waals surface area contributed by atoms with E-state index in [4.69, 9.17) is 12.2 Å². The molecule has 0 spiro atoms. The highest BCUT2D eigenvalue weighted by atomic mass is 32.1. The molecular weight excluding hydrogens is 306 g/mol. The second kappa shape index (κ2) is 7.09. The van der Waals surface area contributed by atoms with Crippen molar-refractivity contribution in [3.63, 3.8) is 0 Å². The quantitative estimate of drug-likeness (QED) is 0.448. The van der Waals surface area contributed by atoms with Gasteiger partial charge < -0.3 is 5.32 Å². The van der Waals surface area contributed by atoms with Crippen LogP contribution in [0.2, 0.25) is 0 Å². The number of thiocarbonyl (C=S) groups is 1. The Kier molecular flexibility index (Phi) is 4.94. The van der Waals surface area contributed by atoms with Crippen LogP contribution in [0.15, 0.2) is 48.8 Å². The molecule has 1 amide bonds. The highest BCUT2D eigenvalue weighted by Gasteiger charge is 2.08. The first-order valence-corrected chi connectivity index (χ1v) is 6.49. The number of hydrazine groups is 1. The Morgan fingerprint density at radius 2 is 1.91 bits per heavy atom. The maximum atomic E-state index is 11.8. The minimum Gasteiger partial charge on any atom is -0.331 e. The second-order valence-corrected chi connectivity index (χ2v) is 4.48. The number of nitrogens with one attached hydrogen (secondary N) is 3. The molecule has 0 fully saturated rings. The molecule has 0 radical (unpaired) electrons. The summed E-state index contributed by atoms with van der Waals surface area (Å²) in [5.41, 5.74) is 5.70. The zero-order valence-electron chi connectivity index (χ0n) is 11.1. The summed E-state index contributed by atoms with van der Waals surface area (Å²) in [6.45, 7) is 0. The van der Waals surface area contributed by atoms with E-state index in [9.17, 15) is 14.9 Å². The number of carbonyl (C=O) groups is 1. The SMILES string of the molecule is O=C(NNC(=S)Nc1cccc([N+](=O)[O-])c1)c1ccncc1. The molecular formula is C13H11N5O3S. The lowest BCUT2D eigenvalue weighted by Crippen LogP contribution is -2.43. The molecule has 0 unspecified atom stereocenters. The monoisotopic (exact) mass is 317 g/mol. The summed E-state index contributed by atoms with van der Waals surface area (Å²) in [6, 6.07) is 8.94. The third-order valence-corrected chi connectivity index (χ3v) is 2.75. The van der Waals surface area contributed by atoms with Gasteiger partial charge in [-0.25, -0.2) is 0 Å². The topological polar surface area (TPSA) is 109 Å². The van der Waals surface area contributed by atoms with Crippen molar-refractivity contribution in [2.45, 2.75) is 0 Å². The van der Waals surface area contributed by atoms with Crippen molar-refractivity contribution < 1.29 is 9.72 Å². The fraction of sp³-hybridized carbons (Fsp3) is 0. The molecule has 3 N–H and O–H groups in total. The summed E-state index contributed by atoms with van der Waals surface area (Å²) < 4.78 is 0. The van der Waals surface area contributed by atoms with E-state index in [0.29, 0.717) is 11.3 Å². The summed E-state index contributed by atoms with van der Waals surface area (Å²) in [6.07, 6.45) is 2.99. The Balaban J connectivity index is 1.89. The number of rotatable bonds is 3. The molecule has 9 heteroatoms. The predicted molar refractivity (Wildman–Crippen MR) is 84.2 cm³/mol. The van der Waals surface area contributed by atoms with Crippen LogP contribution in [0.3, 0.4) is 0 Å². The first kappa shape index (κ1) is 15.3. The number of nitro benzene ring substituents is 1. The Bertz CT molecular complexity index is 708. The summed E-state index contributed by atoms with van der Waals surface area (Å²) in [7, 11) is 0. The number of amides is 1. The van der Waals surface area contributed by atoms with Crippen LogP contribution >= 0.6 is 12.2 Å². The fourth-order valence-corrected chi connectivity index (χ4v) is 1.72. The van der Waals surface area contributed by atoms with Crippen molar-refractivity contribution in [1.29, 1.82) is 0 Å². The van der Waals surface area contributed by atoms with Crippen molar-refractivity contribution in [3.8, 4) is 0 Å². The van der Waals surface area contributed by atoms with E-state index in [1.165, 1.54) is 30.6 Å². The zero-order chi connectivity index (χ0) is 15.9. The van der Waals surface area contributed by atoms with Crippen LogP contribution in [0.5, 0.6) is 0 Å². The summed E-state index contributed by atoms with van der Waals surface area (Å²) in [4.78, 5) is 25.7. The minimum absolute atomic E-state index is 0.0615. The maximum Gasteiger partial charge on any atom is 0.271 e. The van der Waals surface area contributed by atoms with E-state index in [2.05, 4.69) is 21.2 Å². The van der Waals surface area contributed by atoms with E-state index in [-0.39, 0.29) is 16.7 Å². The van der Waals surface area contributed by atoms with Crippen LogP contribution in [0.1, 0.15) is 10.4 Å². The van der Waals surface area contributed by atoms with Crippen LogP contribution in [0.25, 0.3) is 0 Å². The molecule has 0 aliphatic rings. The third-order valence-electron chi connectivity index (χ3n) is 2.55. The normalized spacial score (nSPS) is 9.64. The number of pyridine rings is 1. The van der Waals surface area contributed by atoms with Gasteiger partial charge in [-0.3, -0.25) is 30.7 Å². The molecule has 0 atom stereocenters. The van der Waals surface area contributed by atoms with E-state index >= 15 is 0 Å². The smallest absolute Gasteiger partial charge is 0.271 e. The molecule has 22 heavy (non-hydrogen) atoms. The molecule has 0 saturated heterocycles. The van der Waals surface area contributed by atoms with Gasteiger partial charge in [-0.15, -0.1) is 0 Å². The van der Waals surface area contributed by atoms with Gasteiger partial charge in [0, 0.05) is 35.8 Å². The summed E-state index contributed by atoms with van der Waals surface area (Å²) in [5, 5.41) is 13.5. The van der Waals surface area contributed by atoms with Crippen molar-refractivity contribution in [2.24, 2.45) is 0 Å². The number of nitro groups is 1. The van der Waals surface area contributed by atoms with Gasteiger partial charge in [-0.05, 0) is 30.4 Å². The van der Waals surface area contributed by atoms with E-state index in [1.807, 2.05) is 0 Å². The van der Waals surface area contributed by atoms with Gasteiger partial charge in [0.2, 0.25) is 0 Å². The average molecular weight is 317 g/mol. The van der Waals surface area contributed by atoms with Gasteiger partial charge in [-0.1, -0.05) is 6.07 Å². The van der Waals surface area contributed by atoms with Crippen LogP contribution in [0, 0.1) is 10.1 Å². The zero-order valence-corrected chi connectivity index (χ0v) is 12.0. The number of hydrogen-bond acceptors (Lipinski definition) is 5. The Labute approximate surface area is 130 Å². The highest BCUT2D eigenvalue weighted by Crippen LogP contribution is 2.16. The van der Waals surface area contributed by atoms with Crippen molar-refractivity contribution >= 4 is 34.6 Å². The molecule has 0 saturated carbocycles. The molecule has 2 aromatic rings. The predicted octanol–water partition coefficient (Wildman–Crippen LogP) is 1.62. The van der Waals surface area contributed by atoms with Crippen LogP contribution in [-0.2, 0) is 0 Å². The molecule has 112 valence electrons. The van der Waals surface area contributed by atoms with Crippen LogP contribution in [-0.4, -0.2) is 20.9 Å². The molecule has 0 bridgehead atoms. The number of anilines is 1. The molecule has 1 heterocycles. The number of aromatic nitrogens is 1. The Hall–Kier alpha value is -3.07. The first-order chi connectivity index (χ1) is 10.6. The largest absolute Gasteiger partial charge is 0.331 e. The number of carbonyl (C=O) groups excluding carboxylic acids is 1. The fourth-order valence-electron chi connectivity index (χ4n) is 1.55. The summed E-state index contributed by atoms with van der Waals surface area (Å²) >= 11 is 4.99. The standard InChI is InChI=1S/C13H11N5O3S/c19-12(9-4-6-14-7-5-9)16-17-13(22)15-10-2-1-3-11(8-10)18(20)21/h1-8H,(H,16,19)(H2,15,17,22). The number of benzene rings is 1. The van der Waals surface area contributed by atoms with E-state index in [1.54, 1.807) is 18.2 Å². The number of nitrogens with zero attached hydrogens (tertiary/aromatic N) is 2. The van der Waals surface area contributed by atoms with Gasteiger partial charge in [0.15, 0.2) is 5.11 Å². The van der Waals surface area contributed by atoms with Crippen molar-refractivity contribution in [2.75, 3.05) is 5.32 Å². The molecule has 8 nitrogen and oxygen atoms in total. The number of non-ortho nitro benzene ring substituents is 1. The van der Waals surface area contributed by atoms with Gasteiger partial charge in [0.05, 0.1) is 4.92 Å². The lowest BCUT2D eigenvalue weighted by atomic mass is 10.3. The summed E-state index contributed by atoms with van der Waals surface area (Å²) in [5.74, 6) is -0.384. The Morgan fingerprint density at radius 1 is 1.18 bits per heavy atom. The van der Waals surface area contributed by atoms with Gasteiger partial charge >= 0.3 is 0 Å². The minimum atomic E-state index is -0.507. The van der Waals surface area contributed by atoms with Gasteiger partial charge in [0.25, 0.3) is 11.6 Å². The molecule has 0 aliphatic carbocycles. The van der Waals surface area contributed by atoms with E-state index < -0.39 is 4.92 Å². The van der Waals surface area contributed by atoms with Crippen molar-refractivity contribution in [1.82, 2.24) is 15.8 Å². The Morgan fingerprint density at radius 3 is 2.59 bits per heavy atom. The molecule has 1 aromatic carbocycles. The average Bonchev–Trinajstić information content (AvgIpc) is 2.53. The lowest BCUT2D eigenvalue weighted by molar-refractivity contribution is -0.384. The second-order valence-electron chi connectivity index (χ2n) is 4.08. The molecule has 2 rings (SSSR count). The van der Waals surface area contributed by atoms with Crippen molar-refractivity contribution in [3.05, 3.63) is 64.5 Å². The van der Waals surface area contributed by atoms with Crippen LogP contribution < -0.4 is 16.2 Å². The third kappa shape index (κ3) is 4.21. The lowest BCUT2D eigenvalue weighted by Gasteiger charge is -2.11. The van der Waals surface area contributed by atoms with Crippen LogP contribution in [0.4, 0.5) is 11.4 Å². The van der Waals surface area contributed by atoms with Gasteiger partial charge in [0.1, 0.15) is 0 Å². The first-order valence-electron chi connectivity index (χ1n) is 6.08. The number of hydrogen-bond donors (Lipinski definition) is 3.